The summed E-state index contributed by atoms with van der Waals surface area (Å²) in [6.45, 7) is 4.92. The first kappa shape index (κ1) is 23.7. The molecule has 0 radical (unpaired) electrons. The number of allylic oxidation sites excluding steroid dienone is 1. The van der Waals surface area contributed by atoms with Crippen molar-refractivity contribution in [2.75, 3.05) is 6.61 Å². The molecule has 1 atom stereocenters. The van der Waals surface area contributed by atoms with Crippen molar-refractivity contribution in [3.63, 3.8) is 0 Å². The highest BCUT2D eigenvalue weighted by Crippen LogP contribution is 2.34. The lowest BCUT2D eigenvalue weighted by atomic mass is 9.96. The van der Waals surface area contributed by atoms with Crippen molar-refractivity contribution in [3.8, 4) is 5.75 Å². The van der Waals surface area contributed by atoms with Gasteiger partial charge >= 0.3 is 11.9 Å². The number of thiazole rings is 1. The van der Waals surface area contributed by atoms with E-state index in [0.717, 1.165) is 0 Å². The second kappa shape index (κ2) is 9.79. The number of fused-ring (bicyclic) bond motifs is 1. The molecule has 4 rings (SSSR count). The van der Waals surface area contributed by atoms with Crippen LogP contribution in [-0.4, -0.2) is 23.1 Å². The highest BCUT2D eigenvalue weighted by molar-refractivity contribution is 7.07. The van der Waals surface area contributed by atoms with Gasteiger partial charge in [-0.15, -0.1) is 0 Å². The van der Waals surface area contributed by atoms with Crippen LogP contribution >= 0.6 is 22.9 Å². The first-order valence-electron chi connectivity index (χ1n) is 10.5. The molecule has 0 saturated heterocycles. The van der Waals surface area contributed by atoms with Gasteiger partial charge in [-0.1, -0.05) is 59.3 Å². The van der Waals surface area contributed by atoms with Gasteiger partial charge in [-0.05, 0) is 37.6 Å². The molecular formula is C25H21ClN2O5S. The topological polar surface area (TPSA) is 87.0 Å². The van der Waals surface area contributed by atoms with E-state index in [9.17, 15) is 14.4 Å². The molecule has 7 nitrogen and oxygen atoms in total. The molecule has 0 saturated carbocycles. The third kappa shape index (κ3) is 4.47. The van der Waals surface area contributed by atoms with E-state index >= 15 is 0 Å². The highest BCUT2D eigenvalue weighted by Gasteiger charge is 2.34. The summed E-state index contributed by atoms with van der Waals surface area (Å²) in [6, 6.07) is 13.2. The Hall–Kier alpha value is -3.49. The first-order chi connectivity index (χ1) is 16.3. The predicted octanol–water partition coefficient (Wildman–Crippen LogP) is 3.38. The second-order valence-electron chi connectivity index (χ2n) is 7.46. The van der Waals surface area contributed by atoms with Gasteiger partial charge in [0.05, 0.1) is 22.4 Å². The molecule has 3 aromatic rings. The Morgan fingerprint density at radius 1 is 1.18 bits per heavy atom. The zero-order chi connectivity index (χ0) is 24.4. The van der Waals surface area contributed by atoms with Crippen LogP contribution in [0.1, 0.15) is 37.9 Å². The quantitative estimate of drug-likeness (QED) is 0.399. The third-order valence-electron chi connectivity index (χ3n) is 5.18. The fourth-order valence-corrected chi connectivity index (χ4v) is 5.05. The van der Waals surface area contributed by atoms with Gasteiger partial charge in [0, 0.05) is 17.5 Å². The van der Waals surface area contributed by atoms with Gasteiger partial charge in [0.15, 0.2) is 4.80 Å². The van der Waals surface area contributed by atoms with Gasteiger partial charge in [0.25, 0.3) is 5.56 Å². The molecule has 2 aromatic carbocycles. The van der Waals surface area contributed by atoms with Crippen LogP contribution in [0.3, 0.4) is 0 Å². The number of para-hydroxylation sites is 1. The minimum absolute atomic E-state index is 0.183. The number of rotatable bonds is 5. The van der Waals surface area contributed by atoms with Crippen molar-refractivity contribution >= 4 is 41.0 Å². The summed E-state index contributed by atoms with van der Waals surface area (Å²) in [5.74, 6) is -0.675. The van der Waals surface area contributed by atoms with Gasteiger partial charge in [-0.2, -0.15) is 0 Å². The molecule has 9 heteroatoms. The number of aromatic nitrogens is 1. The van der Waals surface area contributed by atoms with Crippen LogP contribution < -0.4 is 19.6 Å². The van der Waals surface area contributed by atoms with Crippen LogP contribution in [0.2, 0.25) is 5.02 Å². The Labute approximate surface area is 204 Å². The SMILES string of the molecule is CCOC(=O)C1=C(C)N=c2s/c(=C\c3ccccc3OC(C)=O)c(=O)n2[C@@H]1c1ccccc1Cl. The number of esters is 2. The molecule has 174 valence electrons. The Morgan fingerprint density at radius 3 is 2.59 bits per heavy atom. The molecule has 0 bridgehead atoms. The fraction of sp³-hybridized carbons (Fsp3) is 0.200. The first-order valence-corrected chi connectivity index (χ1v) is 11.7. The zero-order valence-corrected chi connectivity index (χ0v) is 20.3. The number of hydrogen-bond acceptors (Lipinski definition) is 7. The largest absolute Gasteiger partial charge is 0.463 e. The normalized spacial score (nSPS) is 15.5. The van der Waals surface area contributed by atoms with Gasteiger partial charge in [0.1, 0.15) is 11.8 Å². The van der Waals surface area contributed by atoms with Crippen LogP contribution in [0.15, 0.2) is 69.6 Å². The number of carbonyl (C=O) groups is 2. The molecule has 0 fully saturated rings. The van der Waals surface area contributed by atoms with Crippen molar-refractivity contribution < 1.29 is 19.1 Å². The Bertz CT molecular complexity index is 1500. The number of hydrogen-bond donors (Lipinski definition) is 0. The Morgan fingerprint density at radius 2 is 1.88 bits per heavy atom. The maximum Gasteiger partial charge on any atom is 0.338 e. The maximum absolute atomic E-state index is 13.6. The van der Waals surface area contributed by atoms with Gasteiger partial charge in [-0.25, -0.2) is 9.79 Å². The van der Waals surface area contributed by atoms with Crippen molar-refractivity contribution in [1.29, 1.82) is 0 Å². The predicted molar refractivity (Wildman–Crippen MR) is 130 cm³/mol. The molecular weight excluding hydrogens is 476 g/mol. The van der Waals surface area contributed by atoms with E-state index in [0.29, 0.717) is 36.9 Å². The van der Waals surface area contributed by atoms with Crippen LogP contribution in [0.25, 0.3) is 6.08 Å². The summed E-state index contributed by atoms with van der Waals surface area (Å²) in [7, 11) is 0. The molecule has 1 aliphatic rings. The maximum atomic E-state index is 13.6. The van der Waals surface area contributed by atoms with E-state index in [-0.39, 0.29) is 17.7 Å². The van der Waals surface area contributed by atoms with E-state index in [4.69, 9.17) is 21.1 Å². The van der Waals surface area contributed by atoms with Crippen LogP contribution in [0.5, 0.6) is 5.75 Å². The molecule has 0 amide bonds. The standard InChI is InChI=1S/C25H21ClN2O5S/c1-4-32-24(31)21-14(2)27-25-28(22(21)17-10-6-7-11-18(17)26)23(30)20(34-25)13-16-9-5-8-12-19(16)33-15(3)29/h5-13,22H,4H2,1-3H3/b20-13-/t22-/m1/s1. The number of nitrogens with zero attached hydrogens (tertiary/aromatic N) is 2. The minimum atomic E-state index is -0.796. The molecule has 1 aliphatic heterocycles. The Balaban J connectivity index is 1.97. The minimum Gasteiger partial charge on any atom is -0.463 e. The number of halogens is 1. The molecule has 0 aliphatic carbocycles. The zero-order valence-electron chi connectivity index (χ0n) is 18.7. The number of ether oxygens (including phenoxy) is 2. The Kier molecular flexibility index (Phi) is 6.81. The van der Waals surface area contributed by atoms with E-state index in [1.165, 1.54) is 22.8 Å². The summed E-state index contributed by atoms with van der Waals surface area (Å²) in [5.41, 5.74) is 1.53. The second-order valence-corrected chi connectivity index (χ2v) is 8.87. The van der Waals surface area contributed by atoms with E-state index < -0.39 is 18.0 Å². The average Bonchev–Trinajstić information content (AvgIpc) is 3.09. The van der Waals surface area contributed by atoms with Crippen molar-refractivity contribution in [2.24, 2.45) is 4.99 Å². The number of carbonyl (C=O) groups excluding carboxylic acids is 2. The lowest BCUT2D eigenvalue weighted by Gasteiger charge is -2.25. The molecule has 1 aromatic heterocycles. The summed E-state index contributed by atoms with van der Waals surface area (Å²) >= 11 is 7.68. The van der Waals surface area contributed by atoms with Crippen LogP contribution in [0, 0.1) is 0 Å². The fourth-order valence-electron chi connectivity index (χ4n) is 3.77. The lowest BCUT2D eigenvalue weighted by Crippen LogP contribution is -2.40. The molecule has 0 N–H and O–H groups in total. The monoisotopic (exact) mass is 496 g/mol. The molecule has 0 unspecified atom stereocenters. The van der Waals surface area contributed by atoms with E-state index in [1.807, 2.05) is 0 Å². The van der Waals surface area contributed by atoms with Crippen molar-refractivity contribution in [3.05, 3.63) is 95.6 Å². The van der Waals surface area contributed by atoms with Crippen molar-refractivity contribution in [1.82, 2.24) is 4.57 Å². The summed E-state index contributed by atoms with van der Waals surface area (Å²) in [6.07, 6.45) is 1.65. The van der Waals surface area contributed by atoms with E-state index in [1.54, 1.807) is 68.5 Å². The van der Waals surface area contributed by atoms with E-state index in [2.05, 4.69) is 4.99 Å². The molecule has 34 heavy (non-hydrogen) atoms. The van der Waals surface area contributed by atoms with Crippen molar-refractivity contribution in [2.45, 2.75) is 26.8 Å². The summed E-state index contributed by atoms with van der Waals surface area (Å²) < 4.78 is 12.4. The van der Waals surface area contributed by atoms with Crippen LogP contribution in [-0.2, 0) is 14.3 Å². The summed E-state index contributed by atoms with van der Waals surface area (Å²) in [5, 5.41) is 0.416. The lowest BCUT2D eigenvalue weighted by molar-refractivity contribution is -0.139. The smallest absolute Gasteiger partial charge is 0.338 e. The average molecular weight is 497 g/mol. The molecule has 2 heterocycles. The molecule has 0 spiro atoms. The van der Waals surface area contributed by atoms with Gasteiger partial charge < -0.3 is 9.47 Å². The van der Waals surface area contributed by atoms with Gasteiger partial charge in [-0.3, -0.25) is 14.2 Å². The third-order valence-corrected chi connectivity index (χ3v) is 6.50. The summed E-state index contributed by atoms with van der Waals surface area (Å²) in [4.78, 5) is 43.0. The van der Waals surface area contributed by atoms with Crippen LogP contribution in [0.4, 0.5) is 0 Å². The van der Waals surface area contributed by atoms with Gasteiger partial charge in [0.2, 0.25) is 0 Å². The number of benzene rings is 2. The highest BCUT2D eigenvalue weighted by atomic mass is 35.5.